The van der Waals surface area contributed by atoms with Crippen molar-refractivity contribution in [1.29, 1.82) is 0 Å². The number of hydrogen-bond acceptors (Lipinski definition) is 5. The van der Waals surface area contributed by atoms with E-state index < -0.39 is 6.16 Å². The van der Waals surface area contributed by atoms with Gasteiger partial charge in [0.05, 0.1) is 16.7 Å². The predicted octanol–water partition coefficient (Wildman–Crippen LogP) is 7.24. The molecular weight excluding hydrogens is 689 g/mol. The fourth-order valence-electron chi connectivity index (χ4n) is 6.00. The summed E-state index contributed by atoms with van der Waals surface area (Å²) >= 11 is 0. The van der Waals surface area contributed by atoms with Crippen molar-refractivity contribution in [2.45, 2.75) is 66.5 Å². The molecule has 5 aromatic rings. The van der Waals surface area contributed by atoms with E-state index in [4.69, 9.17) is 19.8 Å². The van der Waals surface area contributed by atoms with E-state index in [1.807, 2.05) is 24.3 Å². The van der Waals surface area contributed by atoms with E-state index in [1.54, 1.807) is 12.1 Å². The molecule has 5 rings (SSSR count). The minimum Gasteiger partial charge on any atom is -0.449 e. The lowest BCUT2D eigenvalue weighted by Crippen LogP contribution is -2.20. The number of likely N-dealkylation sites (N-methyl/N-ethyl adjacent to an activating group) is 1. The van der Waals surface area contributed by atoms with E-state index in [0.29, 0.717) is 12.3 Å². The van der Waals surface area contributed by atoms with Gasteiger partial charge in [-0.05, 0) is 75.2 Å². The second-order valence-electron chi connectivity index (χ2n) is 11.6. The van der Waals surface area contributed by atoms with Crippen molar-refractivity contribution in [1.82, 2.24) is 24.0 Å². The Hall–Kier alpha value is -3.64. The number of imidazole rings is 2. The summed E-state index contributed by atoms with van der Waals surface area (Å²) in [6, 6.07) is 20.0. The van der Waals surface area contributed by atoms with E-state index in [1.165, 1.54) is 11.4 Å². The summed E-state index contributed by atoms with van der Waals surface area (Å²) in [5, 5.41) is 9.16. The molecule has 13 heteroatoms. The van der Waals surface area contributed by atoms with Gasteiger partial charge in [-0.1, -0.05) is 63.2 Å². The van der Waals surface area contributed by atoms with Crippen LogP contribution in [0.5, 0.6) is 5.75 Å². The highest BCUT2D eigenvalue weighted by molar-refractivity contribution is 5.86. The fourth-order valence-corrected chi connectivity index (χ4v) is 6.00. The lowest BCUT2D eigenvalue weighted by Gasteiger charge is -2.16. The molecule has 0 spiro atoms. The van der Waals surface area contributed by atoms with Crippen LogP contribution in [0.25, 0.3) is 33.5 Å². The van der Waals surface area contributed by atoms with Gasteiger partial charge in [-0.15, -0.1) is 37.2 Å². The lowest BCUT2D eigenvalue weighted by molar-refractivity contribution is 0.144. The van der Waals surface area contributed by atoms with Gasteiger partial charge in [0.1, 0.15) is 17.4 Å². The van der Waals surface area contributed by atoms with E-state index in [-0.39, 0.29) is 48.2 Å². The number of carboxylic acid groups (broad SMARTS) is 1. The van der Waals surface area contributed by atoms with Gasteiger partial charge in [-0.2, -0.15) is 0 Å². The zero-order chi connectivity index (χ0) is 31.4. The van der Waals surface area contributed by atoms with E-state index in [9.17, 15) is 4.79 Å². The van der Waals surface area contributed by atoms with Crippen LogP contribution in [0, 0.1) is 6.92 Å². The van der Waals surface area contributed by atoms with Crippen LogP contribution in [-0.2, 0) is 32.4 Å². The number of fused-ring (bicyclic) bond motifs is 1. The Bertz CT molecular complexity index is 1790. The van der Waals surface area contributed by atoms with Crippen molar-refractivity contribution in [3.8, 4) is 28.3 Å². The molecule has 0 fully saturated rings. The number of carbonyl (C=O) groups is 1. The zero-order valence-electron chi connectivity index (χ0n) is 28.9. The highest BCUT2D eigenvalue weighted by Gasteiger charge is 2.20. The molecule has 2 aromatic heterocycles. The first-order valence-corrected chi connectivity index (χ1v) is 15.6. The summed E-state index contributed by atoms with van der Waals surface area (Å²) in [6.45, 7) is 11.3. The number of para-hydroxylation sites is 1. The fraction of sp³-hybridized carbons (Fsp3) is 0.361. The SMILES string of the molecule is CCCc1nc2c(C)cc(-c3nc(CC)c(CC)n3CCN(C)C)cc2n1Cc1ccc(-c2ccccc2OC(=O)O)cc1.Cl.Cl.Cl.O.O. The van der Waals surface area contributed by atoms with Gasteiger partial charge in [-0.25, -0.2) is 14.8 Å². The number of aryl methyl sites for hydroxylation is 3. The molecule has 0 saturated carbocycles. The standard InChI is InChI=1S/C36H43N5O3.3ClH.2H2O/c1-7-12-33-38-34-24(4)21-27(35-37-29(8-2)30(9-3)40(35)20-19-39(5)6)22-31(34)41(33)23-25-15-17-26(18-16-25)28-13-10-11-14-32(28)44-36(42)43;;;;;/h10-11,13-18,21-22H,7-9,12,19-20,23H2,1-6H3,(H,42,43);3*1H;2*1H2. The Balaban J connectivity index is 0.00000461. The summed E-state index contributed by atoms with van der Waals surface area (Å²) in [5.74, 6) is 2.43. The summed E-state index contributed by atoms with van der Waals surface area (Å²) in [5.41, 5.74) is 9.69. The molecule has 0 aliphatic rings. The maximum Gasteiger partial charge on any atom is 0.511 e. The molecule has 0 bridgehead atoms. The Kier molecular flexibility index (Phi) is 18.6. The van der Waals surface area contributed by atoms with Gasteiger partial charge >= 0.3 is 6.16 Å². The Morgan fingerprint density at radius 1 is 0.878 bits per heavy atom. The molecule has 5 N–H and O–H groups in total. The molecule has 270 valence electrons. The van der Waals surface area contributed by atoms with Gasteiger partial charge in [0, 0.05) is 42.9 Å². The van der Waals surface area contributed by atoms with Crippen LogP contribution in [0.1, 0.15) is 55.5 Å². The number of rotatable bonds is 12. The number of ether oxygens (including phenoxy) is 1. The van der Waals surface area contributed by atoms with Crippen molar-refractivity contribution in [3.05, 3.63) is 89.0 Å². The van der Waals surface area contributed by atoms with Gasteiger partial charge in [0.25, 0.3) is 0 Å². The quantitative estimate of drug-likeness (QED) is 0.105. The molecule has 0 amide bonds. The van der Waals surface area contributed by atoms with Gasteiger partial charge in [-0.3, -0.25) is 0 Å². The predicted molar refractivity (Wildman–Crippen MR) is 206 cm³/mol. The summed E-state index contributed by atoms with van der Waals surface area (Å²) < 4.78 is 9.78. The van der Waals surface area contributed by atoms with Crippen molar-refractivity contribution in [2.24, 2.45) is 0 Å². The van der Waals surface area contributed by atoms with Crippen LogP contribution in [0.4, 0.5) is 4.79 Å². The summed E-state index contributed by atoms with van der Waals surface area (Å²) in [6.07, 6.45) is 2.43. The number of halogens is 3. The second kappa shape index (κ2) is 20.1. The molecule has 0 unspecified atom stereocenters. The third-order valence-corrected chi connectivity index (χ3v) is 8.14. The second-order valence-corrected chi connectivity index (χ2v) is 11.6. The van der Waals surface area contributed by atoms with Gasteiger partial charge in [0.15, 0.2) is 0 Å². The number of aromatic nitrogens is 4. The topological polar surface area (TPSA) is 148 Å². The van der Waals surface area contributed by atoms with E-state index in [0.717, 1.165) is 89.3 Å². The molecule has 0 radical (unpaired) electrons. The molecule has 0 aliphatic carbocycles. The molecule has 2 heterocycles. The largest absolute Gasteiger partial charge is 0.511 e. The monoisotopic (exact) mass is 737 g/mol. The van der Waals surface area contributed by atoms with Crippen molar-refractivity contribution >= 4 is 54.4 Å². The Morgan fingerprint density at radius 3 is 2.14 bits per heavy atom. The van der Waals surface area contributed by atoms with Gasteiger partial charge in [0.2, 0.25) is 0 Å². The van der Waals surface area contributed by atoms with Crippen LogP contribution in [0.2, 0.25) is 0 Å². The van der Waals surface area contributed by atoms with Crippen LogP contribution >= 0.6 is 37.2 Å². The Labute approximate surface area is 307 Å². The average molecular weight is 739 g/mol. The van der Waals surface area contributed by atoms with Gasteiger partial charge < -0.3 is 34.8 Å². The minimum absolute atomic E-state index is 0. The lowest BCUT2D eigenvalue weighted by atomic mass is 10.0. The Morgan fingerprint density at radius 2 is 1.55 bits per heavy atom. The van der Waals surface area contributed by atoms with Crippen LogP contribution < -0.4 is 4.74 Å². The molecule has 3 aromatic carbocycles. The minimum atomic E-state index is -1.32. The molecule has 0 aliphatic heterocycles. The number of benzene rings is 3. The van der Waals surface area contributed by atoms with Crippen LogP contribution in [0.3, 0.4) is 0 Å². The van der Waals surface area contributed by atoms with Crippen molar-refractivity contribution in [3.63, 3.8) is 0 Å². The molecule has 0 atom stereocenters. The number of hydrogen-bond donors (Lipinski definition) is 1. The number of nitrogens with zero attached hydrogens (tertiary/aromatic N) is 5. The third kappa shape index (κ3) is 9.97. The van der Waals surface area contributed by atoms with Crippen molar-refractivity contribution in [2.75, 3.05) is 20.6 Å². The van der Waals surface area contributed by atoms with Crippen molar-refractivity contribution < 1.29 is 25.6 Å². The molecule has 0 saturated heterocycles. The van der Waals surface area contributed by atoms with Crippen LogP contribution in [-0.4, -0.2) is 66.9 Å². The molecular formula is C36H50Cl3N5O5. The first kappa shape index (κ1) is 45.4. The first-order valence-electron chi connectivity index (χ1n) is 15.6. The maximum atomic E-state index is 11.2. The van der Waals surface area contributed by atoms with E-state index in [2.05, 4.69) is 80.1 Å². The zero-order valence-corrected chi connectivity index (χ0v) is 31.4. The summed E-state index contributed by atoms with van der Waals surface area (Å²) in [4.78, 5) is 23.7. The highest BCUT2D eigenvalue weighted by Crippen LogP contribution is 2.33. The molecule has 10 nitrogen and oxygen atoms in total. The normalized spacial score (nSPS) is 10.3. The average Bonchev–Trinajstić information content (AvgIpc) is 3.54. The summed E-state index contributed by atoms with van der Waals surface area (Å²) in [7, 11) is 4.23. The highest BCUT2D eigenvalue weighted by atomic mass is 35.5. The van der Waals surface area contributed by atoms with Crippen LogP contribution in [0.15, 0.2) is 60.7 Å². The third-order valence-electron chi connectivity index (χ3n) is 8.14. The smallest absolute Gasteiger partial charge is 0.449 e. The first-order chi connectivity index (χ1) is 21.2. The molecule has 49 heavy (non-hydrogen) atoms. The maximum absolute atomic E-state index is 11.2. The van der Waals surface area contributed by atoms with E-state index >= 15 is 0 Å².